The predicted molar refractivity (Wildman–Crippen MR) is 124 cm³/mol. The van der Waals surface area contributed by atoms with Gasteiger partial charge in [0.15, 0.2) is 5.96 Å². The van der Waals surface area contributed by atoms with Crippen molar-refractivity contribution in [3.05, 3.63) is 29.8 Å². The van der Waals surface area contributed by atoms with Crippen LogP contribution < -0.4 is 16.0 Å². The number of amides is 1. The van der Waals surface area contributed by atoms with E-state index in [1.807, 2.05) is 31.3 Å². The molecule has 7 nitrogen and oxygen atoms in total. The van der Waals surface area contributed by atoms with Crippen LogP contribution in [0.1, 0.15) is 39.2 Å². The van der Waals surface area contributed by atoms with Gasteiger partial charge in [-0.05, 0) is 30.0 Å². The zero-order chi connectivity index (χ0) is 21.8. The number of nitrogens with one attached hydrogen (secondary N) is 3. The molecule has 0 aliphatic carbocycles. The summed E-state index contributed by atoms with van der Waals surface area (Å²) in [5, 5.41) is 9.76. The summed E-state index contributed by atoms with van der Waals surface area (Å²) in [4.78, 5) is 18.1. The van der Waals surface area contributed by atoms with Gasteiger partial charge < -0.3 is 20.7 Å². The molecule has 168 valence electrons. The van der Waals surface area contributed by atoms with Crippen molar-refractivity contribution in [1.82, 2.24) is 15.5 Å². The van der Waals surface area contributed by atoms with Gasteiger partial charge >= 0.3 is 0 Å². The molecule has 3 N–H and O–H groups in total. The molecule has 1 aliphatic rings. The molecule has 0 spiro atoms. The summed E-state index contributed by atoms with van der Waals surface area (Å²) < 4.78 is 5.55. The standard InChI is InChI=1S/C23H39N5O2/c1-5-20(6-2)22(28-13-15-30-16-14-28)17-26-23(24-4)25-12-11-19-7-9-21(10-8-19)27-18(3)29/h7-10,20,22H,5-6,11-17H2,1-4H3,(H,27,29)(H2,24,25,26). The van der Waals surface area contributed by atoms with Gasteiger partial charge in [-0.25, -0.2) is 0 Å². The molecule has 0 radical (unpaired) electrons. The molecule has 30 heavy (non-hydrogen) atoms. The van der Waals surface area contributed by atoms with Crippen LogP contribution in [0, 0.1) is 5.92 Å². The van der Waals surface area contributed by atoms with Gasteiger partial charge in [0, 0.05) is 51.9 Å². The Bertz CT molecular complexity index is 652. The number of guanidine groups is 1. The number of nitrogens with zero attached hydrogens (tertiary/aromatic N) is 2. The first-order valence-electron chi connectivity index (χ1n) is 11.2. The average Bonchev–Trinajstić information content (AvgIpc) is 2.76. The van der Waals surface area contributed by atoms with Gasteiger partial charge in [0.1, 0.15) is 0 Å². The Hall–Kier alpha value is -2.12. The van der Waals surface area contributed by atoms with Gasteiger partial charge in [-0.3, -0.25) is 14.7 Å². The first kappa shape index (κ1) is 24.2. The fraction of sp³-hybridized carbons (Fsp3) is 0.652. The van der Waals surface area contributed by atoms with Crippen molar-refractivity contribution >= 4 is 17.6 Å². The first-order valence-corrected chi connectivity index (χ1v) is 11.2. The largest absolute Gasteiger partial charge is 0.379 e. The molecule has 0 bridgehead atoms. The van der Waals surface area contributed by atoms with Crippen LogP contribution >= 0.6 is 0 Å². The number of anilines is 1. The van der Waals surface area contributed by atoms with Crippen LogP contribution in [0.4, 0.5) is 5.69 Å². The minimum absolute atomic E-state index is 0.0527. The zero-order valence-electron chi connectivity index (χ0n) is 19.0. The second-order valence-electron chi connectivity index (χ2n) is 7.80. The summed E-state index contributed by atoms with van der Waals surface area (Å²) in [5.74, 6) is 1.45. The lowest BCUT2D eigenvalue weighted by atomic mass is 9.92. The van der Waals surface area contributed by atoms with E-state index in [9.17, 15) is 4.79 Å². The normalized spacial score (nSPS) is 16.4. The Balaban J connectivity index is 1.82. The third kappa shape index (κ3) is 7.95. The van der Waals surface area contributed by atoms with E-state index >= 15 is 0 Å². The van der Waals surface area contributed by atoms with E-state index in [1.165, 1.54) is 25.3 Å². The quantitative estimate of drug-likeness (QED) is 0.403. The molecule has 0 aromatic heterocycles. The molecule has 0 saturated carbocycles. The van der Waals surface area contributed by atoms with Crippen LogP contribution in [-0.4, -0.2) is 69.2 Å². The molecule has 1 amide bonds. The Kier molecular flexibility index (Phi) is 10.7. The molecule has 1 aliphatic heterocycles. The van der Waals surface area contributed by atoms with E-state index in [-0.39, 0.29) is 5.91 Å². The van der Waals surface area contributed by atoms with Crippen LogP contribution in [0.2, 0.25) is 0 Å². The Morgan fingerprint density at radius 1 is 1.13 bits per heavy atom. The zero-order valence-corrected chi connectivity index (χ0v) is 19.0. The minimum atomic E-state index is -0.0527. The number of benzene rings is 1. The van der Waals surface area contributed by atoms with Crippen LogP contribution in [-0.2, 0) is 16.0 Å². The molecule has 1 fully saturated rings. The smallest absolute Gasteiger partial charge is 0.221 e. The van der Waals surface area contributed by atoms with Gasteiger partial charge in [-0.2, -0.15) is 0 Å². The van der Waals surface area contributed by atoms with Crippen molar-refractivity contribution in [2.45, 2.75) is 46.1 Å². The highest BCUT2D eigenvalue weighted by Gasteiger charge is 2.26. The SMILES string of the molecule is CCC(CC)C(CNC(=NC)NCCc1ccc(NC(C)=O)cc1)N1CCOCC1. The summed E-state index contributed by atoms with van der Waals surface area (Å²) in [5.41, 5.74) is 2.04. The van der Waals surface area contributed by atoms with Gasteiger partial charge in [-0.15, -0.1) is 0 Å². The van der Waals surface area contributed by atoms with Crippen LogP contribution in [0.25, 0.3) is 0 Å². The van der Waals surface area contributed by atoms with E-state index in [0.717, 1.165) is 57.5 Å². The van der Waals surface area contributed by atoms with Crippen molar-refractivity contribution in [2.75, 3.05) is 51.8 Å². The third-order valence-electron chi connectivity index (χ3n) is 5.79. The Morgan fingerprint density at radius 3 is 2.37 bits per heavy atom. The number of aliphatic imine (C=N–C) groups is 1. The van der Waals surface area contributed by atoms with Crippen LogP contribution in [0.3, 0.4) is 0 Å². The number of hydrogen-bond acceptors (Lipinski definition) is 4. The van der Waals surface area contributed by atoms with E-state index < -0.39 is 0 Å². The van der Waals surface area contributed by atoms with Crippen LogP contribution in [0.5, 0.6) is 0 Å². The minimum Gasteiger partial charge on any atom is -0.379 e. The van der Waals surface area contributed by atoms with E-state index in [0.29, 0.717) is 12.0 Å². The molecular weight excluding hydrogens is 378 g/mol. The molecule has 1 heterocycles. The van der Waals surface area contributed by atoms with Crippen molar-refractivity contribution < 1.29 is 9.53 Å². The van der Waals surface area contributed by atoms with Crippen molar-refractivity contribution in [2.24, 2.45) is 10.9 Å². The molecule has 2 rings (SSSR count). The van der Waals surface area contributed by atoms with Crippen molar-refractivity contribution in [3.8, 4) is 0 Å². The van der Waals surface area contributed by atoms with E-state index in [1.54, 1.807) is 0 Å². The van der Waals surface area contributed by atoms with Crippen LogP contribution in [0.15, 0.2) is 29.3 Å². The highest BCUT2D eigenvalue weighted by atomic mass is 16.5. The third-order valence-corrected chi connectivity index (χ3v) is 5.79. The monoisotopic (exact) mass is 417 g/mol. The van der Waals surface area contributed by atoms with Gasteiger partial charge in [-0.1, -0.05) is 38.8 Å². The fourth-order valence-electron chi connectivity index (χ4n) is 4.04. The maximum Gasteiger partial charge on any atom is 0.221 e. The van der Waals surface area contributed by atoms with Crippen molar-refractivity contribution in [3.63, 3.8) is 0 Å². The lowest BCUT2D eigenvalue weighted by molar-refractivity contribution is -0.114. The molecule has 1 aromatic rings. The van der Waals surface area contributed by atoms with Gasteiger partial charge in [0.05, 0.1) is 13.2 Å². The summed E-state index contributed by atoms with van der Waals surface area (Å²) in [6.45, 7) is 11.4. The summed E-state index contributed by atoms with van der Waals surface area (Å²) in [7, 11) is 1.82. The number of rotatable bonds is 10. The molecular formula is C23H39N5O2. The molecule has 1 saturated heterocycles. The highest BCUT2D eigenvalue weighted by molar-refractivity contribution is 5.88. The number of carbonyl (C=O) groups is 1. The number of ether oxygens (including phenoxy) is 1. The molecule has 1 aromatic carbocycles. The number of hydrogen-bond donors (Lipinski definition) is 3. The first-order chi connectivity index (χ1) is 14.6. The highest BCUT2D eigenvalue weighted by Crippen LogP contribution is 2.19. The summed E-state index contributed by atoms with van der Waals surface area (Å²) >= 11 is 0. The lowest BCUT2D eigenvalue weighted by Gasteiger charge is -2.39. The Labute approximate surface area is 181 Å². The topological polar surface area (TPSA) is 78.0 Å². The molecule has 7 heteroatoms. The average molecular weight is 418 g/mol. The molecule has 1 unspecified atom stereocenters. The number of carbonyl (C=O) groups excluding carboxylic acids is 1. The fourth-order valence-corrected chi connectivity index (χ4v) is 4.04. The second-order valence-corrected chi connectivity index (χ2v) is 7.80. The maximum absolute atomic E-state index is 11.1. The van der Waals surface area contributed by atoms with Crippen molar-refractivity contribution in [1.29, 1.82) is 0 Å². The second kappa shape index (κ2) is 13.2. The summed E-state index contributed by atoms with van der Waals surface area (Å²) in [6.07, 6.45) is 3.25. The Morgan fingerprint density at radius 2 is 1.80 bits per heavy atom. The van der Waals surface area contributed by atoms with E-state index in [2.05, 4.69) is 39.7 Å². The summed E-state index contributed by atoms with van der Waals surface area (Å²) in [6, 6.07) is 8.46. The van der Waals surface area contributed by atoms with Gasteiger partial charge in [0.2, 0.25) is 5.91 Å². The molecule has 1 atom stereocenters. The maximum atomic E-state index is 11.1. The van der Waals surface area contributed by atoms with Gasteiger partial charge in [0.25, 0.3) is 0 Å². The predicted octanol–water partition coefficient (Wildman–Crippen LogP) is 2.49. The van der Waals surface area contributed by atoms with E-state index in [4.69, 9.17) is 4.74 Å². The number of morpholine rings is 1. The lowest BCUT2D eigenvalue weighted by Crippen LogP contribution is -2.53.